The zero-order chi connectivity index (χ0) is 8.69. The van der Waals surface area contributed by atoms with Crippen molar-refractivity contribution in [2.75, 3.05) is 0 Å². The van der Waals surface area contributed by atoms with Gasteiger partial charge in [-0.3, -0.25) is 4.79 Å². The molecule has 0 aliphatic heterocycles. The van der Waals surface area contributed by atoms with Crippen LogP contribution in [0.1, 0.15) is 6.92 Å². The van der Waals surface area contributed by atoms with Gasteiger partial charge in [0.05, 0.1) is 0 Å². The van der Waals surface area contributed by atoms with E-state index in [2.05, 4.69) is 4.98 Å². The number of aromatic nitrogens is 1. The Morgan fingerprint density at radius 3 is 2.45 bits per heavy atom. The van der Waals surface area contributed by atoms with Gasteiger partial charge in [0.25, 0.3) is 5.97 Å². The molecule has 54 valence electrons. The molecule has 0 fully saturated rings. The monoisotopic (exact) mass is 145 g/mol. The summed E-state index contributed by atoms with van der Waals surface area (Å²) in [4.78, 5) is 12.9. The van der Waals surface area contributed by atoms with E-state index in [1.54, 1.807) is 6.20 Å². The third-order valence-electron chi connectivity index (χ3n) is 0.809. The summed E-state index contributed by atoms with van der Waals surface area (Å²) in [5.74, 6) is -0.833. The van der Waals surface area contributed by atoms with E-state index in [4.69, 9.17) is 9.90 Å². The molecule has 3 nitrogen and oxygen atoms in total. The van der Waals surface area contributed by atoms with Crippen LogP contribution in [0.3, 0.4) is 0 Å². The number of carboxylic acid groups (broad SMARTS) is 1. The summed E-state index contributed by atoms with van der Waals surface area (Å²) in [6.07, 6.45) is 3.60. The molecule has 0 saturated heterocycles. The average molecular weight is 145 g/mol. The van der Waals surface area contributed by atoms with E-state index in [1.165, 1.54) is 4.24 Å². The van der Waals surface area contributed by atoms with Gasteiger partial charge in [0.1, 0.15) is 0 Å². The van der Waals surface area contributed by atoms with Crippen LogP contribution in [0.25, 0.3) is 0 Å². The normalized spacial score (nSPS) is 7.91. The van der Waals surface area contributed by atoms with Gasteiger partial charge in [-0.15, -0.1) is 0 Å². The molecule has 0 unspecified atom stereocenters. The van der Waals surface area contributed by atoms with Gasteiger partial charge in [-0.1, -0.05) is 0 Å². The minimum atomic E-state index is -0.833. The summed E-state index contributed by atoms with van der Waals surface area (Å²) in [6, 6.07) is 3.95. The van der Waals surface area contributed by atoms with Crippen molar-refractivity contribution < 1.29 is 9.90 Å². The fourth-order valence-corrected chi connectivity index (χ4v) is 0.448. The first-order chi connectivity index (χ1) is 5.13. The van der Waals surface area contributed by atoms with E-state index in [0.29, 0.717) is 0 Å². The molecule has 1 heterocycles. The summed E-state index contributed by atoms with van der Waals surface area (Å²) < 4.78 is 1.21. The molecule has 0 amide bonds. The zero-order valence-corrected chi connectivity index (χ0v) is 6.61. The van der Waals surface area contributed by atoms with Gasteiger partial charge in [0.2, 0.25) is 0 Å². The van der Waals surface area contributed by atoms with Crippen LogP contribution in [0.15, 0.2) is 24.5 Å². The Bertz CT molecular complexity index is 209. The average Bonchev–Trinajstić information content (AvgIpc) is 1.87. The van der Waals surface area contributed by atoms with Gasteiger partial charge in [-0.25, -0.2) is 0 Å². The number of carbonyl (C=O) groups is 1. The predicted octanol–water partition coefficient (Wildman–Crippen LogP) is -0.0337. The first-order valence-electron chi connectivity index (χ1n) is 3.19. The van der Waals surface area contributed by atoms with E-state index >= 15 is 0 Å². The molecule has 0 radical (unpaired) electrons. The molecule has 0 spiro atoms. The van der Waals surface area contributed by atoms with Gasteiger partial charge in [0.15, 0.2) is 0 Å². The number of carboxylic acids is 1. The Kier molecular flexibility index (Phi) is 5.54. The number of rotatable bonds is 0. The molecular weight excluding hydrogens is 137 g/mol. The SMILES string of the molecule is CC(=O)O.[Li][c]1cccnc1. The first-order valence-corrected chi connectivity index (χ1v) is 3.19. The van der Waals surface area contributed by atoms with E-state index in [0.717, 1.165) is 6.92 Å². The predicted molar refractivity (Wildman–Crippen MR) is 42.9 cm³/mol. The second-order valence-electron chi connectivity index (χ2n) is 2.05. The van der Waals surface area contributed by atoms with Crippen LogP contribution in [0.4, 0.5) is 0 Å². The summed E-state index contributed by atoms with van der Waals surface area (Å²) >= 11 is 2.02. The van der Waals surface area contributed by atoms with Gasteiger partial charge in [0, 0.05) is 6.92 Å². The van der Waals surface area contributed by atoms with Crippen LogP contribution < -0.4 is 4.24 Å². The summed E-state index contributed by atoms with van der Waals surface area (Å²) in [7, 11) is 0. The van der Waals surface area contributed by atoms with E-state index in [1.807, 2.05) is 36.0 Å². The summed E-state index contributed by atoms with van der Waals surface area (Å²) in [5.41, 5.74) is 0. The Labute approximate surface area is 74.7 Å². The zero-order valence-electron chi connectivity index (χ0n) is 6.61. The Hall–Kier alpha value is -0.783. The van der Waals surface area contributed by atoms with Crippen molar-refractivity contribution in [3.63, 3.8) is 0 Å². The van der Waals surface area contributed by atoms with Crippen molar-refractivity contribution in [3.05, 3.63) is 24.5 Å². The topological polar surface area (TPSA) is 50.2 Å². The second kappa shape index (κ2) is 5.96. The third kappa shape index (κ3) is 9.22. The maximum atomic E-state index is 9.00. The van der Waals surface area contributed by atoms with Crippen LogP contribution in [-0.2, 0) is 4.79 Å². The van der Waals surface area contributed by atoms with Crippen LogP contribution >= 0.6 is 0 Å². The molecule has 1 aromatic rings. The Balaban J connectivity index is 0.000000218. The first kappa shape index (κ1) is 10.2. The third-order valence-corrected chi connectivity index (χ3v) is 0.809. The van der Waals surface area contributed by atoms with Crippen LogP contribution in [0.5, 0.6) is 0 Å². The molecule has 1 N–H and O–H groups in total. The summed E-state index contributed by atoms with van der Waals surface area (Å²) in [5, 5.41) is 7.42. The van der Waals surface area contributed by atoms with Crippen molar-refractivity contribution >= 4 is 27.9 Å². The molecular formula is C7H8LiNO2. The van der Waals surface area contributed by atoms with Crippen molar-refractivity contribution in [2.24, 2.45) is 0 Å². The molecule has 4 heteroatoms. The van der Waals surface area contributed by atoms with Crippen LogP contribution in [0, 0.1) is 0 Å². The van der Waals surface area contributed by atoms with Gasteiger partial charge in [-0.2, -0.15) is 0 Å². The molecule has 0 saturated carbocycles. The summed E-state index contributed by atoms with van der Waals surface area (Å²) in [6.45, 7) is 1.08. The van der Waals surface area contributed by atoms with Crippen LogP contribution in [0.2, 0.25) is 0 Å². The number of nitrogens with zero attached hydrogens (tertiary/aromatic N) is 1. The minimum absolute atomic E-state index is 0.833. The molecule has 0 aromatic carbocycles. The molecule has 0 bridgehead atoms. The van der Waals surface area contributed by atoms with Crippen molar-refractivity contribution in [1.82, 2.24) is 4.98 Å². The fourth-order valence-electron chi connectivity index (χ4n) is 0.448. The van der Waals surface area contributed by atoms with E-state index in [-0.39, 0.29) is 0 Å². The van der Waals surface area contributed by atoms with Gasteiger partial charge >= 0.3 is 51.5 Å². The van der Waals surface area contributed by atoms with Gasteiger partial charge in [-0.05, 0) is 0 Å². The number of hydrogen-bond donors (Lipinski definition) is 1. The fraction of sp³-hybridized carbons (Fsp3) is 0.143. The van der Waals surface area contributed by atoms with Crippen molar-refractivity contribution in [3.8, 4) is 0 Å². The molecule has 0 aliphatic rings. The quantitative estimate of drug-likeness (QED) is 0.521. The molecule has 0 atom stereocenters. The van der Waals surface area contributed by atoms with Crippen molar-refractivity contribution in [1.29, 1.82) is 0 Å². The van der Waals surface area contributed by atoms with Crippen molar-refractivity contribution in [2.45, 2.75) is 6.92 Å². The molecule has 1 aromatic heterocycles. The van der Waals surface area contributed by atoms with Gasteiger partial charge < -0.3 is 5.11 Å². The van der Waals surface area contributed by atoms with Crippen LogP contribution in [-0.4, -0.2) is 33.8 Å². The van der Waals surface area contributed by atoms with E-state index in [9.17, 15) is 0 Å². The molecule has 0 aliphatic carbocycles. The molecule has 1 rings (SSSR count). The Morgan fingerprint density at radius 2 is 2.27 bits per heavy atom. The molecule has 11 heavy (non-hydrogen) atoms. The van der Waals surface area contributed by atoms with E-state index < -0.39 is 5.97 Å². The second-order valence-corrected chi connectivity index (χ2v) is 2.05. The number of pyridine rings is 1. The number of aliphatic carboxylic acids is 1. The Morgan fingerprint density at radius 1 is 1.73 bits per heavy atom. The standard InChI is InChI=1S/C5H4N.C2H4O2.Li/c1-2-4-6-5-3-1;1-2(3)4;/h1-2,4-5H;1H3,(H,3,4);. The number of hydrogen-bond acceptors (Lipinski definition) is 2. The maximum absolute atomic E-state index is 9.00.